The summed E-state index contributed by atoms with van der Waals surface area (Å²) in [7, 11) is 1.67. The Labute approximate surface area is 114 Å². The van der Waals surface area contributed by atoms with Crippen LogP contribution in [0.4, 0.5) is 5.69 Å². The van der Waals surface area contributed by atoms with Crippen molar-refractivity contribution in [2.45, 2.75) is 12.8 Å². The lowest BCUT2D eigenvalue weighted by molar-refractivity contribution is 0.0690. The van der Waals surface area contributed by atoms with Gasteiger partial charge in [-0.1, -0.05) is 18.2 Å². The molecule has 3 N–H and O–H groups in total. The van der Waals surface area contributed by atoms with Gasteiger partial charge >= 0.3 is 0 Å². The molecule has 0 aliphatic heterocycles. The van der Waals surface area contributed by atoms with Gasteiger partial charge in [0, 0.05) is 25.9 Å². The number of para-hydroxylation sites is 1. The molecule has 0 fully saturated rings. The van der Waals surface area contributed by atoms with Gasteiger partial charge in [0.15, 0.2) is 5.96 Å². The molecule has 0 amide bonds. The molecule has 19 heavy (non-hydrogen) atoms. The van der Waals surface area contributed by atoms with Crippen LogP contribution in [0, 0.1) is 0 Å². The summed E-state index contributed by atoms with van der Waals surface area (Å²) in [4.78, 5) is 4.26. The zero-order valence-corrected chi connectivity index (χ0v) is 11.5. The largest absolute Gasteiger partial charge is 0.382 e. The number of benzene rings is 1. The number of hydrogen-bond acceptors (Lipinski definition) is 3. The van der Waals surface area contributed by atoms with E-state index in [0.717, 1.165) is 25.1 Å². The fourth-order valence-electron chi connectivity index (χ4n) is 1.47. The minimum Gasteiger partial charge on any atom is -0.382 e. The summed E-state index contributed by atoms with van der Waals surface area (Å²) in [6, 6.07) is 9.76. The first-order chi connectivity index (χ1) is 9.33. The van der Waals surface area contributed by atoms with Crippen LogP contribution in [-0.2, 0) is 9.47 Å². The molecule has 0 unspecified atom stereocenters. The second-order valence-electron chi connectivity index (χ2n) is 4.07. The van der Waals surface area contributed by atoms with Crippen molar-refractivity contribution in [1.82, 2.24) is 0 Å². The van der Waals surface area contributed by atoms with Crippen LogP contribution in [-0.4, -0.2) is 39.4 Å². The fourth-order valence-corrected chi connectivity index (χ4v) is 1.47. The third-order valence-electron chi connectivity index (χ3n) is 2.46. The Bertz CT molecular complexity index is 355. The summed E-state index contributed by atoms with van der Waals surface area (Å²) >= 11 is 0. The highest BCUT2D eigenvalue weighted by atomic mass is 16.5. The van der Waals surface area contributed by atoms with Gasteiger partial charge in [0.1, 0.15) is 0 Å². The van der Waals surface area contributed by atoms with Crippen LogP contribution in [0.3, 0.4) is 0 Å². The number of nitrogens with one attached hydrogen (secondary N) is 1. The highest BCUT2D eigenvalue weighted by molar-refractivity contribution is 5.92. The van der Waals surface area contributed by atoms with Gasteiger partial charge in [0.05, 0.1) is 13.2 Å². The van der Waals surface area contributed by atoms with Crippen LogP contribution in [0.1, 0.15) is 12.8 Å². The molecule has 0 aliphatic carbocycles. The van der Waals surface area contributed by atoms with Crippen LogP contribution in [0.25, 0.3) is 0 Å². The van der Waals surface area contributed by atoms with Gasteiger partial charge in [0.25, 0.3) is 0 Å². The Morgan fingerprint density at radius 1 is 1.16 bits per heavy atom. The number of rotatable bonds is 9. The molecule has 1 rings (SSSR count). The van der Waals surface area contributed by atoms with E-state index >= 15 is 0 Å². The van der Waals surface area contributed by atoms with Crippen LogP contribution in [0.15, 0.2) is 35.3 Å². The summed E-state index contributed by atoms with van der Waals surface area (Å²) in [6.07, 6.45) is 1.94. The molecule has 0 saturated carbocycles. The maximum atomic E-state index is 5.78. The minimum atomic E-state index is 0.450. The molecule has 5 nitrogen and oxygen atoms in total. The number of ether oxygens (including phenoxy) is 2. The first-order valence-electron chi connectivity index (χ1n) is 6.51. The lowest BCUT2D eigenvalue weighted by Crippen LogP contribution is -2.22. The number of hydrogen-bond donors (Lipinski definition) is 2. The molecule has 0 spiro atoms. The lowest BCUT2D eigenvalue weighted by atomic mass is 10.3. The summed E-state index contributed by atoms with van der Waals surface area (Å²) in [5.74, 6) is 0.450. The maximum absolute atomic E-state index is 5.78. The first kappa shape index (κ1) is 15.5. The van der Waals surface area contributed by atoms with Crippen molar-refractivity contribution in [3.63, 3.8) is 0 Å². The topological polar surface area (TPSA) is 68.9 Å². The average molecular weight is 265 g/mol. The molecule has 0 aliphatic rings. The van der Waals surface area contributed by atoms with E-state index in [4.69, 9.17) is 15.2 Å². The lowest BCUT2D eigenvalue weighted by Gasteiger charge is -2.05. The van der Waals surface area contributed by atoms with E-state index in [2.05, 4.69) is 10.3 Å². The van der Waals surface area contributed by atoms with E-state index in [1.54, 1.807) is 7.11 Å². The molecule has 1 aromatic carbocycles. The van der Waals surface area contributed by atoms with E-state index in [-0.39, 0.29) is 0 Å². The smallest absolute Gasteiger partial charge is 0.193 e. The Balaban J connectivity index is 2.05. The van der Waals surface area contributed by atoms with Crippen molar-refractivity contribution in [3.05, 3.63) is 30.3 Å². The molecule has 0 atom stereocenters. The van der Waals surface area contributed by atoms with Gasteiger partial charge in [-0.05, 0) is 25.0 Å². The SMILES string of the molecule is COCCOCCCCN=C(N)Nc1ccccc1. The Morgan fingerprint density at radius 2 is 1.95 bits per heavy atom. The molecule has 106 valence electrons. The molecule has 5 heteroatoms. The number of guanidine groups is 1. The number of nitrogens with zero attached hydrogens (tertiary/aromatic N) is 1. The number of unbranched alkanes of at least 4 members (excludes halogenated alkanes) is 1. The van der Waals surface area contributed by atoms with Crippen molar-refractivity contribution in [2.75, 3.05) is 38.8 Å². The predicted octanol–water partition coefficient (Wildman–Crippen LogP) is 1.86. The second-order valence-corrected chi connectivity index (χ2v) is 4.07. The molecular weight excluding hydrogens is 242 g/mol. The van der Waals surface area contributed by atoms with Crippen LogP contribution in [0.5, 0.6) is 0 Å². The van der Waals surface area contributed by atoms with Crippen LogP contribution < -0.4 is 11.1 Å². The van der Waals surface area contributed by atoms with Crippen molar-refractivity contribution in [3.8, 4) is 0 Å². The Morgan fingerprint density at radius 3 is 2.68 bits per heavy atom. The van der Waals surface area contributed by atoms with E-state index in [9.17, 15) is 0 Å². The van der Waals surface area contributed by atoms with E-state index in [0.29, 0.717) is 25.7 Å². The highest BCUT2D eigenvalue weighted by Gasteiger charge is 1.93. The third kappa shape index (κ3) is 8.18. The number of aliphatic imine (C=N–C) groups is 1. The predicted molar refractivity (Wildman–Crippen MR) is 78.5 cm³/mol. The van der Waals surface area contributed by atoms with Gasteiger partial charge in [-0.25, -0.2) is 0 Å². The standard InChI is InChI=1S/C14H23N3O2/c1-18-11-12-19-10-6-5-9-16-14(15)17-13-7-3-2-4-8-13/h2-4,7-8H,5-6,9-12H2,1H3,(H3,15,16,17). The molecular formula is C14H23N3O2. The minimum absolute atomic E-state index is 0.450. The monoisotopic (exact) mass is 265 g/mol. The number of methoxy groups -OCH3 is 1. The average Bonchev–Trinajstić information content (AvgIpc) is 2.43. The highest BCUT2D eigenvalue weighted by Crippen LogP contribution is 2.03. The zero-order valence-electron chi connectivity index (χ0n) is 11.5. The molecule has 1 aromatic rings. The molecule has 0 aromatic heterocycles. The summed E-state index contributed by atoms with van der Waals surface area (Å²) in [5, 5.41) is 3.04. The number of nitrogens with two attached hydrogens (primary N) is 1. The molecule has 0 heterocycles. The van der Waals surface area contributed by atoms with Crippen molar-refractivity contribution in [2.24, 2.45) is 10.7 Å². The van der Waals surface area contributed by atoms with Crippen molar-refractivity contribution in [1.29, 1.82) is 0 Å². The maximum Gasteiger partial charge on any atom is 0.193 e. The molecule has 0 saturated heterocycles. The Hall–Kier alpha value is -1.59. The second kappa shape index (κ2) is 10.3. The molecule has 0 radical (unpaired) electrons. The van der Waals surface area contributed by atoms with E-state index < -0.39 is 0 Å². The van der Waals surface area contributed by atoms with Crippen LogP contribution >= 0.6 is 0 Å². The van der Waals surface area contributed by atoms with Gasteiger partial charge in [-0.3, -0.25) is 4.99 Å². The summed E-state index contributed by atoms with van der Waals surface area (Å²) in [6.45, 7) is 2.74. The van der Waals surface area contributed by atoms with E-state index in [1.807, 2.05) is 30.3 Å². The number of anilines is 1. The Kier molecular flexibility index (Phi) is 8.42. The van der Waals surface area contributed by atoms with Gasteiger partial charge < -0.3 is 20.5 Å². The zero-order chi connectivity index (χ0) is 13.8. The van der Waals surface area contributed by atoms with Crippen LogP contribution in [0.2, 0.25) is 0 Å². The van der Waals surface area contributed by atoms with Gasteiger partial charge in [0.2, 0.25) is 0 Å². The summed E-state index contributed by atoms with van der Waals surface area (Å²) < 4.78 is 10.2. The fraction of sp³-hybridized carbons (Fsp3) is 0.500. The van der Waals surface area contributed by atoms with Gasteiger partial charge in [-0.15, -0.1) is 0 Å². The first-order valence-corrected chi connectivity index (χ1v) is 6.51. The third-order valence-corrected chi connectivity index (χ3v) is 2.46. The summed E-state index contributed by atoms with van der Waals surface area (Å²) in [5.41, 5.74) is 6.73. The van der Waals surface area contributed by atoms with Crippen molar-refractivity contribution < 1.29 is 9.47 Å². The molecule has 0 bridgehead atoms. The van der Waals surface area contributed by atoms with E-state index in [1.165, 1.54) is 0 Å². The quantitative estimate of drug-likeness (QED) is 0.406. The van der Waals surface area contributed by atoms with Gasteiger partial charge in [-0.2, -0.15) is 0 Å². The normalized spacial score (nSPS) is 11.5. The van der Waals surface area contributed by atoms with Crippen molar-refractivity contribution >= 4 is 11.6 Å².